The fourth-order valence-electron chi connectivity index (χ4n) is 1.58. The molecule has 70 valence electrons. The average molecular weight is 175 g/mol. The van der Waals surface area contributed by atoms with Gasteiger partial charge in [-0.05, 0) is 7.05 Å². The Morgan fingerprint density at radius 2 is 2.25 bits per heavy atom. The van der Waals surface area contributed by atoms with Crippen molar-refractivity contribution in [3.63, 3.8) is 0 Å². The van der Waals surface area contributed by atoms with E-state index in [1.807, 2.05) is 0 Å². The van der Waals surface area contributed by atoms with Crippen molar-refractivity contribution in [2.75, 3.05) is 13.7 Å². The van der Waals surface area contributed by atoms with Crippen LogP contribution in [0.5, 0.6) is 0 Å². The number of aliphatic hydroxyl groups excluding tert-OH is 2. The van der Waals surface area contributed by atoms with Crippen molar-refractivity contribution < 1.29 is 20.1 Å². The second kappa shape index (κ2) is 3.38. The lowest BCUT2D eigenvalue weighted by Gasteiger charge is -2.21. The van der Waals surface area contributed by atoms with Gasteiger partial charge < -0.3 is 15.3 Å². The number of nitrogens with zero attached hydrogens (tertiary/aromatic N) is 1. The third-order valence-corrected chi connectivity index (χ3v) is 2.40. The van der Waals surface area contributed by atoms with Gasteiger partial charge in [0.1, 0.15) is 6.04 Å². The zero-order valence-electron chi connectivity index (χ0n) is 6.84. The number of aliphatic carboxylic acids is 1. The lowest BCUT2D eigenvalue weighted by molar-refractivity contribution is -0.142. The van der Waals surface area contributed by atoms with Crippen LogP contribution in [0.1, 0.15) is 6.42 Å². The molecular weight excluding hydrogens is 162 g/mol. The van der Waals surface area contributed by atoms with Gasteiger partial charge in [-0.3, -0.25) is 9.69 Å². The van der Waals surface area contributed by atoms with Crippen LogP contribution in [0.3, 0.4) is 0 Å². The van der Waals surface area contributed by atoms with E-state index in [0.29, 0.717) is 0 Å². The van der Waals surface area contributed by atoms with E-state index in [-0.39, 0.29) is 13.0 Å². The molecule has 1 heterocycles. The van der Waals surface area contributed by atoms with Crippen LogP contribution in [-0.4, -0.2) is 58.0 Å². The predicted molar refractivity (Wildman–Crippen MR) is 40.7 cm³/mol. The second-order valence-electron chi connectivity index (χ2n) is 3.07. The van der Waals surface area contributed by atoms with Gasteiger partial charge in [-0.2, -0.15) is 0 Å². The summed E-state index contributed by atoms with van der Waals surface area (Å²) in [5, 5.41) is 26.8. The first-order valence-electron chi connectivity index (χ1n) is 3.81. The molecule has 1 rings (SSSR count). The maximum absolute atomic E-state index is 10.6. The van der Waals surface area contributed by atoms with Crippen LogP contribution >= 0.6 is 0 Å². The van der Waals surface area contributed by atoms with Crippen molar-refractivity contribution in [1.29, 1.82) is 0 Å². The van der Waals surface area contributed by atoms with Crippen LogP contribution in [0.15, 0.2) is 0 Å². The molecule has 0 aliphatic carbocycles. The van der Waals surface area contributed by atoms with E-state index in [2.05, 4.69) is 0 Å². The number of hydrogen-bond donors (Lipinski definition) is 3. The molecule has 0 spiro atoms. The van der Waals surface area contributed by atoms with E-state index in [4.69, 9.17) is 10.2 Å². The number of carbonyl (C=O) groups is 1. The quantitative estimate of drug-likeness (QED) is 0.475. The Morgan fingerprint density at radius 3 is 2.50 bits per heavy atom. The van der Waals surface area contributed by atoms with Crippen LogP contribution in [0.4, 0.5) is 0 Å². The molecule has 3 atom stereocenters. The van der Waals surface area contributed by atoms with Crippen molar-refractivity contribution in [2.24, 2.45) is 0 Å². The van der Waals surface area contributed by atoms with Crippen LogP contribution in [0.2, 0.25) is 0 Å². The van der Waals surface area contributed by atoms with Crippen molar-refractivity contribution in [3.05, 3.63) is 0 Å². The standard InChI is InChI=1S/C7H13NO4/c1-8-4(7(11)12)2-6(10)5(8)3-9/h4-6,9-10H,2-3H2,1H3,(H,11,12). The molecule has 0 aromatic carbocycles. The summed E-state index contributed by atoms with van der Waals surface area (Å²) in [6.07, 6.45) is -0.544. The van der Waals surface area contributed by atoms with Gasteiger partial charge in [0.2, 0.25) is 0 Å². The molecule has 5 heteroatoms. The Labute approximate surface area is 70.2 Å². The summed E-state index contributed by atoms with van der Waals surface area (Å²) in [6, 6.07) is -1.11. The monoisotopic (exact) mass is 175 g/mol. The third kappa shape index (κ3) is 1.43. The van der Waals surface area contributed by atoms with Gasteiger partial charge in [0.25, 0.3) is 0 Å². The van der Waals surface area contributed by atoms with Gasteiger partial charge in [-0.15, -0.1) is 0 Å². The summed E-state index contributed by atoms with van der Waals surface area (Å²) in [5.41, 5.74) is 0. The predicted octanol–water partition coefficient (Wildman–Crippen LogP) is -1.50. The van der Waals surface area contributed by atoms with E-state index < -0.39 is 24.2 Å². The Morgan fingerprint density at radius 1 is 1.67 bits per heavy atom. The summed E-state index contributed by atoms with van der Waals surface area (Å²) in [4.78, 5) is 12.1. The summed E-state index contributed by atoms with van der Waals surface area (Å²) in [7, 11) is 1.59. The maximum atomic E-state index is 10.6. The number of rotatable bonds is 2. The highest BCUT2D eigenvalue weighted by atomic mass is 16.4. The van der Waals surface area contributed by atoms with Crippen LogP contribution < -0.4 is 0 Å². The van der Waals surface area contributed by atoms with E-state index in [1.54, 1.807) is 7.05 Å². The molecule has 3 unspecified atom stereocenters. The third-order valence-electron chi connectivity index (χ3n) is 2.40. The van der Waals surface area contributed by atoms with Gasteiger partial charge in [0.05, 0.1) is 18.8 Å². The van der Waals surface area contributed by atoms with Gasteiger partial charge in [0, 0.05) is 6.42 Å². The smallest absolute Gasteiger partial charge is 0.321 e. The highest BCUT2D eigenvalue weighted by Crippen LogP contribution is 2.22. The molecule has 3 N–H and O–H groups in total. The number of carboxylic acids is 1. The number of aliphatic hydroxyl groups is 2. The SMILES string of the molecule is CN1C(C(=O)O)CC(O)C1CO. The number of hydrogen-bond acceptors (Lipinski definition) is 4. The first kappa shape index (κ1) is 9.44. The van der Waals surface area contributed by atoms with Crippen LogP contribution in [-0.2, 0) is 4.79 Å². The van der Waals surface area contributed by atoms with Crippen LogP contribution in [0, 0.1) is 0 Å². The molecular formula is C7H13NO4. The Balaban J connectivity index is 2.68. The fourth-order valence-corrected chi connectivity index (χ4v) is 1.58. The van der Waals surface area contributed by atoms with E-state index >= 15 is 0 Å². The normalized spacial score (nSPS) is 37.1. The first-order chi connectivity index (χ1) is 5.57. The minimum Gasteiger partial charge on any atom is -0.480 e. The summed E-state index contributed by atoms with van der Waals surface area (Å²) in [5.74, 6) is -0.951. The van der Waals surface area contributed by atoms with E-state index in [1.165, 1.54) is 4.90 Å². The number of likely N-dealkylation sites (tertiary alicyclic amines) is 1. The highest BCUT2D eigenvalue weighted by Gasteiger charge is 2.41. The molecule has 0 saturated carbocycles. The molecule has 0 bridgehead atoms. The molecule has 0 radical (unpaired) electrons. The molecule has 0 aromatic heterocycles. The largest absolute Gasteiger partial charge is 0.480 e. The first-order valence-corrected chi connectivity index (χ1v) is 3.81. The zero-order chi connectivity index (χ0) is 9.30. The summed E-state index contributed by atoms with van der Waals surface area (Å²) >= 11 is 0. The fraction of sp³-hybridized carbons (Fsp3) is 0.857. The molecule has 1 aliphatic rings. The lowest BCUT2D eigenvalue weighted by atomic mass is 10.1. The van der Waals surface area contributed by atoms with E-state index in [9.17, 15) is 9.90 Å². The van der Waals surface area contributed by atoms with Gasteiger partial charge in [-0.25, -0.2) is 0 Å². The number of likely N-dealkylation sites (N-methyl/N-ethyl adjacent to an activating group) is 1. The maximum Gasteiger partial charge on any atom is 0.321 e. The average Bonchev–Trinajstić information content (AvgIpc) is 2.27. The topological polar surface area (TPSA) is 81.0 Å². The van der Waals surface area contributed by atoms with Crippen molar-refractivity contribution in [2.45, 2.75) is 24.6 Å². The van der Waals surface area contributed by atoms with Crippen molar-refractivity contribution >= 4 is 5.97 Å². The zero-order valence-corrected chi connectivity index (χ0v) is 6.84. The minimum atomic E-state index is -0.951. The molecule has 5 nitrogen and oxygen atoms in total. The van der Waals surface area contributed by atoms with Crippen LogP contribution in [0.25, 0.3) is 0 Å². The van der Waals surface area contributed by atoms with Crippen molar-refractivity contribution in [3.8, 4) is 0 Å². The second-order valence-corrected chi connectivity index (χ2v) is 3.07. The molecule has 12 heavy (non-hydrogen) atoms. The molecule has 0 aromatic rings. The molecule has 0 amide bonds. The molecule has 1 fully saturated rings. The highest BCUT2D eigenvalue weighted by molar-refractivity contribution is 5.74. The minimum absolute atomic E-state index is 0.192. The Hall–Kier alpha value is -0.650. The van der Waals surface area contributed by atoms with Gasteiger partial charge in [0.15, 0.2) is 0 Å². The van der Waals surface area contributed by atoms with E-state index in [0.717, 1.165) is 0 Å². The van der Waals surface area contributed by atoms with Gasteiger partial charge in [-0.1, -0.05) is 0 Å². The number of carboxylic acid groups (broad SMARTS) is 1. The molecule has 1 saturated heterocycles. The summed E-state index contributed by atoms with van der Waals surface area (Å²) in [6.45, 7) is -0.207. The Bertz CT molecular complexity index is 184. The van der Waals surface area contributed by atoms with Crippen molar-refractivity contribution in [1.82, 2.24) is 4.90 Å². The summed E-state index contributed by atoms with van der Waals surface area (Å²) < 4.78 is 0. The van der Waals surface area contributed by atoms with Gasteiger partial charge >= 0.3 is 5.97 Å². The Kier molecular flexibility index (Phi) is 2.66. The molecule has 1 aliphatic heterocycles. The lowest BCUT2D eigenvalue weighted by Crippen LogP contribution is -2.41.